The molecule has 0 heterocycles. The van der Waals surface area contributed by atoms with Crippen LogP contribution in [0, 0.1) is 11.3 Å². The van der Waals surface area contributed by atoms with Crippen molar-refractivity contribution < 1.29 is 0 Å². The first-order valence-electron chi connectivity index (χ1n) is 7.83. The molecule has 2 saturated carbocycles. The lowest BCUT2D eigenvalue weighted by Crippen LogP contribution is -2.44. The third-order valence-electron chi connectivity index (χ3n) is 5.06. The predicted octanol–water partition coefficient (Wildman–Crippen LogP) is 4.47. The summed E-state index contributed by atoms with van der Waals surface area (Å²) in [4.78, 5) is 0. The van der Waals surface area contributed by atoms with Gasteiger partial charge in [-0.3, -0.25) is 0 Å². The van der Waals surface area contributed by atoms with Gasteiger partial charge in [0.1, 0.15) is 0 Å². The first-order valence-corrected chi connectivity index (χ1v) is 8.77. The Kier molecular flexibility index (Phi) is 5.05. The molecule has 2 fully saturated rings. The summed E-state index contributed by atoms with van der Waals surface area (Å²) >= 11 is 2.32. The highest BCUT2D eigenvalue weighted by atomic mass is 32.2. The Morgan fingerprint density at radius 3 is 2.22 bits per heavy atom. The smallest absolute Gasteiger partial charge is 0.0206 e. The van der Waals surface area contributed by atoms with Crippen molar-refractivity contribution in [3.63, 3.8) is 0 Å². The monoisotopic (exact) mass is 269 g/mol. The lowest BCUT2D eigenvalue weighted by Gasteiger charge is -2.42. The Labute approximate surface area is 118 Å². The molecule has 2 rings (SSSR count). The maximum atomic E-state index is 3.58. The second-order valence-corrected chi connectivity index (χ2v) is 8.90. The van der Waals surface area contributed by atoms with Gasteiger partial charge >= 0.3 is 0 Å². The van der Waals surface area contributed by atoms with Crippen LogP contribution in [0.4, 0.5) is 0 Å². The summed E-state index contributed by atoms with van der Waals surface area (Å²) in [5.41, 5.74) is 0.493. The van der Waals surface area contributed by atoms with Gasteiger partial charge < -0.3 is 5.32 Å². The standard InChI is InChI=1S/C16H31NS/c1-16(2,3)12-9-10-14(17-4)15(11-12)18-13-7-5-6-8-13/h12-15,17H,5-11H2,1-4H3. The number of nitrogens with one attached hydrogen (secondary N) is 1. The molecule has 1 N–H and O–H groups in total. The summed E-state index contributed by atoms with van der Waals surface area (Å²) in [5.74, 6) is 0.918. The van der Waals surface area contributed by atoms with Crippen molar-refractivity contribution in [2.75, 3.05) is 7.05 Å². The zero-order valence-corrected chi connectivity index (χ0v) is 13.5. The maximum Gasteiger partial charge on any atom is 0.0206 e. The zero-order valence-electron chi connectivity index (χ0n) is 12.7. The number of thioether (sulfide) groups is 1. The van der Waals surface area contributed by atoms with Crippen LogP contribution in [-0.2, 0) is 0 Å². The van der Waals surface area contributed by atoms with Crippen molar-refractivity contribution in [3.05, 3.63) is 0 Å². The van der Waals surface area contributed by atoms with E-state index in [1.165, 1.54) is 44.9 Å². The van der Waals surface area contributed by atoms with Crippen LogP contribution in [0.3, 0.4) is 0 Å². The molecular formula is C16H31NS. The predicted molar refractivity (Wildman–Crippen MR) is 83.3 cm³/mol. The minimum Gasteiger partial charge on any atom is -0.316 e. The molecule has 0 bridgehead atoms. The quantitative estimate of drug-likeness (QED) is 0.811. The molecular weight excluding hydrogens is 238 g/mol. The minimum atomic E-state index is 0.493. The third-order valence-corrected chi connectivity index (χ3v) is 6.78. The van der Waals surface area contributed by atoms with Crippen molar-refractivity contribution in [1.29, 1.82) is 0 Å². The first kappa shape index (κ1) is 14.7. The largest absolute Gasteiger partial charge is 0.316 e. The van der Waals surface area contributed by atoms with Crippen LogP contribution in [-0.4, -0.2) is 23.6 Å². The Morgan fingerprint density at radius 2 is 1.67 bits per heavy atom. The number of hydrogen-bond donors (Lipinski definition) is 1. The molecule has 0 aromatic rings. The van der Waals surface area contributed by atoms with E-state index in [9.17, 15) is 0 Å². The Hall–Kier alpha value is 0.310. The average molecular weight is 269 g/mol. The van der Waals surface area contributed by atoms with E-state index in [1.54, 1.807) is 0 Å². The van der Waals surface area contributed by atoms with E-state index in [-0.39, 0.29) is 0 Å². The van der Waals surface area contributed by atoms with E-state index in [2.05, 4.69) is 44.9 Å². The lowest BCUT2D eigenvalue weighted by atomic mass is 9.71. The van der Waals surface area contributed by atoms with Gasteiger partial charge in [-0.1, -0.05) is 33.6 Å². The van der Waals surface area contributed by atoms with Gasteiger partial charge in [0.2, 0.25) is 0 Å². The molecule has 3 unspecified atom stereocenters. The van der Waals surface area contributed by atoms with Crippen LogP contribution >= 0.6 is 11.8 Å². The molecule has 0 radical (unpaired) electrons. The average Bonchev–Trinajstić information content (AvgIpc) is 2.80. The first-order chi connectivity index (χ1) is 8.50. The molecule has 2 heteroatoms. The molecule has 2 aliphatic carbocycles. The van der Waals surface area contributed by atoms with Crippen LogP contribution in [0.1, 0.15) is 65.7 Å². The summed E-state index contributed by atoms with van der Waals surface area (Å²) in [6.45, 7) is 7.28. The molecule has 18 heavy (non-hydrogen) atoms. The van der Waals surface area contributed by atoms with Crippen LogP contribution in [0.25, 0.3) is 0 Å². The fourth-order valence-electron chi connectivity index (χ4n) is 3.67. The fraction of sp³-hybridized carbons (Fsp3) is 1.00. The van der Waals surface area contributed by atoms with Gasteiger partial charge in [-0.2, -0.15) is 11.8 Å². The molecule has 0 aromatic heterocycles. The molecule has 106 valence electrons. The summed E-state index contributed by atoms with van der Waals surface area (Å²) in [6.07, 6.45) is 10.1. The van der Waals surface area contributed by atoms with Crippen LogP contribution in [0.15, 0.2) is 0 Å². The Morgan fingerprint density at radius 1 is 1.00 bits per heavy atom. The van der Waals surface area contributed by atoms with Gasteiger partial charge in [0, 0.05) is 16.5 Å². The molecule has 1 nitrogen and oxygen atoms in total. The van der Waals surface area contributed by atoms with E-state index < -0.39 is 0 Å². The van der Waals surface area contributed by atoms with Crippen molar-refractivity contribution in [2.24, 2.45) is 11.3 Å². The number of rotatable bonds is 3. The molecule has 2 aliphatic rings. The van der Waals surface area contributed by atoms with Crippen molar-refractivity contribution in [1.82, 2.24) is 5.32 Å². The molecule has 0 spiro atoms. The van der Waals surface area contributed by atoms with Gasteiger partial charge in [-0.05, 0) is 50.5 Å². The summed E-state index contributed by atoms with van der Waals surface area (Å²) in [5, 5.41) is 5.40. The molecule has 3 atom stereocenters. The molecule has 0 amide bonds. The van der Waals surface area contributed by atoms with Gasteiger partial charge in [-0.15, -0.1) is 0 Å². The Balaban J connectivity index is 1.94. The van der Waals surface area contributed by atoms with Gasteiger partial charge in [0.05, 0.1) is 0 Å². The molecule has 0 saturated heterocycles. The SMILES string of the molecule is CNC1CCC(C(C)(C)C)CC1SC1CCCC1. The van der Waals surface area contributed by atoms with Crippen LogP contribution < -0.4 is 5.32 Å². The van der Waals surface area contributed by atoms with Crippen LogP contribution in [0.5, 0.6) is 0 Å². The van der Waals surface area contributed by atoms with E-state index in [0.717, 1.165) is 22.5 Å². The highest BCUT2D eigenvalue weighted by Crippen LogP contribution is 2.44. The molecule has 0 aliphatic heterocycles. The summed E-state index contributed by atoms with van der Waals surface area (Å²) in [6, 6.07) is 0.759. The normalized spacial score (nSPS) is 35.0. The van der Waals surface area contributed by atoms with E-state index in [4.69, 9.17) is 0 Å². The highest BCUT2D eigenvalue weighted by Gasteiger charge is 2.36. The van der Waals surface area contributed by atoms with E-state index >= 15 is 0 Å². The fourth-order valence-corrected chi connectivity index (χ4v) is 5.57. The summed E-state index contributed by atoms with van der Waals surface area (Å²) in [7, 11) is 2.16. The topological polar surface area (TPSA) is 12.0 Å². The van der Waals surface area contributed by atoms with Gasteiger partial charge in [-0.25, -0.2) is 0 Å². The lowest BCUT2D eigenvalue weighted by molar-refractivity contribution is 0.167. The number of hydrogen-bond acceptors (Lipinski definition) is 2. The van der Waals surface area contributed by atoms with Gasteiger partial charge in [0.15, 0.2) is 0 Å². The highest BCUT2D eigenvalue weighted by molar-refractivity contribution is 8.00. The van der Waals surface area contributed by atoms with Crippen LogP contribution in [0.2, 0.25) is 0 Å². The van der Waals surface area contributed by atoms with Crippen molar-refractivity contribution in [2.45, 2.75) is 82.3 Å². The Bertz CT molecular complexity index is 252. The second-order valence-electron chi connectivity index (χ2n) is 7.35. The van der Waals surface area contributed by atoms with Gasteiger partial charge in [0.25, 0.3) is 0 Å². The van der Waals surface area contributed by atoms with Crippen molar-refractivity contribution in [3.8, 4) is 0 Å². The summed E-state index contributed by atoms with van der Waals surface area (Å²) < 4.78 is 0. The van der Waals surface area contributed by atoms with E-state index in [0.29, 0.717) is 5.41 Å². The maximum absolute atomic E-state index is 3.58. The molecule has 0 aromatic carbocycles. The zero-order chi connectivity index (χ0) is 13.2. The third kappa shape index (κ3) is 3.66. The van der Waals surface area contributed by atoms with Crippen molar-refractivity contribution >= 4 is 11.8 Å². The minimum absolute atomic E-state index is 0.493. The second kappa shape index (κ2) is 6.17. The van der Waals surface area contributed by atoms with E-state index in [1.807, 2.05) is 0 Å².